The molecule has 2 atom stereocenters. The number of benzene rings is 1. The van der Waals surface area contributed by atoms with Crippen LogP contribution in [-0.2, 0) is 17.1 Å². The Bertz CT molecular complexity index is 1480. The van der Waals surface area contributed by atoms with E-state index in [2.05, 4.69) is 15.0 Å². The molecule has 0 aliphatic carbocycles. The first-order chi connectivity index (χ1) is 17.0. The van der Waals surface area contributed by atoms with Gasteiger partial charge in [-0.15, -0.1) is 0 Å². The van der Waals surface area contributed by atoms with Crippen molar-refractivity contribution in [2.75, 3.05) is 25.0 Å². The molecule has 2 N–H and O–H groups in total. The summed E-state index contributed by atoms with van der Waals surface area (Å²) in [6, 6.07) is 3.54. The lowest BCUT2D eigenvalue weighted by atomic mass is 10.1. The van der Waals surface area contributed by atoms with Crippen molar-refractivity contribution in [3.05, 3.63) is 59.3 Å². The van der Waals surface area contributed by atoms with Gasteiger partial charge >= 0.3 is 0 Å². The summed E-state index contributed by atoms with van der Waals surface area (Å²) in [4.78, 5) is 31.3. The Morgan fingerprint density at radius 3 is 2.72 bits per heavy atom. The number of ether oxygens (including phenoxy) is 1. The van der Waals surface area contributed by atoms with Gasteiger partial charge in [-0.25, -0.2) is 22.5 Å². The van der Waals surface area contributed by atoms with E-state index in [1.165, 1.54) is 47.3 Å². The van der Waals surface area contributed by atoms with Crippen LogP contribution in [0.15, 0.2) is 40.1 Å². The molecule has 2 aromatic heterocycles. The van der Waals surface area contributed by atoms with E-state index >= 15 is 0 Å². The molecule has 1 saturated heterocycles. The Balaban J connectivity index is 1.41. The maximum Gasteiger partial charge on any atom is 0.276 e. The number of fused-ring (bicyclic) bond motifs is 2. The van der Waals surface area contributed by atoms with Crippen molar-refractivity contribution in [3.63, 3.8) is 0 Å². The number of nitrogens with zero attached hydrogens (tertiary/aromatic N) is 3. The van der Waals surface area contributed by atoms with Crippen molar-refractivity contribution >= 4 is 27.5 Å². The molecule has 2 aliphatic rings. The Morgan fingerprint density at radius 2 is 2.03 bits per heavy atom. The standard InChI is InChI=1S/C23H24FN5O6S/c1-12-6-15(4-5-16(12)24)26-22(30)20-21-18(9-28(20)3)36(32,33)27-17-8-29(7-14(17)10-34-21)23(31)19-13(2)35-11-25-19/h4-6,9,11,14,17,27H,7-8,10H2,1-3H3,(H,26,30)/t14-,17?/m0/s1. The van der Waals surface area contributed by atoms with E-state index < -0.39 is 27.8 Å². The number of carbonyl (C=O) groups is 2. The lowest BCUT2D eigenvalue weighted by molar-refractivity contribution is 0.0775. The first-order valence-electron chi connectivity index (χ1n) is 11.2. The predicted octanol–water partition coefficient (Wildman–Crippen LogP) is 1.83. The number of rotatable bonds is 3. The third-order valence-corrected chi connectivity index (χ3v) is 7.93. The second-order valence-corrected chi connectivity index (χ2v) is 10.6. The largest absolute Gasteiger partial charge is 0.489 e. The van der Waals surface area contributed by atoms with Gasteiger partial charge in [-0.2, -0.15) is 0 Å². The molecule has 0 radical (unpaired) electrons. The average Bonchev–Trinajstić information content (AvgIpc) is 3.50. The van der Waals surface area contributed by atoms with Gasteiger partial charge in [0.05, 0.1) is 6.61 Å². The summed E-state index contributed by atoms with van der Waals surface area (Å²) in [6.07, 6.45) is 2.49. The van der Waals surface area contributed by atoms with Crippen LogP contribution in [0.1, 0.15) is 32.3 Å². The Morgan fingerprint density at radius 1 is 1.25 bits per heavy atom. The van der Waals surface area contributed by atoms with E-state index in [9.17, 15) is 22.4 Å². The number of halogens is 1. The van der Waals surface area contributed by atoms with Crippen LogP contribution in [0.4, 0.5) is 10.1 Å². The monoisotopic (exact) mass is 517 g/mol. The molecule has 1 fully saturated rings. The zero-order chi connectivity index (χ0) is 25.8. The number of nitrogens with one attached hydrogen (secondary N) is 2. The Hall–Kier alpha value is -3.71. The highest BCUT2D eigenvalue weighted by Gasteiger charge is 2.43. The molecular formula is C23H24FN5O6S. The summed E-state index contributed by atoms with van der Waals surface area (Å²) in [5.74, 6) is -1.45. The molecule has 0 bridgehead atoms. The van der Waals surface area contributed by atoms with Crippen molar-refractivity contribution in [1.82, 2.24) is 19.2 Å². The number of aromatic nitrogens is 2. The molecule has 0 saturated carbocycles. The third-order valence-electron chi connectivity index (χ3n) is 6.45. The number of aryl methyl sites for hydroxylation is 3. The number of likely N-dealkylation sites (tertiary alicyclic amines) is 1. The third kappa shape index (κ3) is 4.13. The van der Waals surface area contributed by atoms with Crippen LogP contribution in [-0.4, -0.2) is 60.4 Å². The maximum absolute atomic E-state index is 13.6. The first-order valence-corrected chi connectivity index (χ1v) is 12.6. The normalized spacial score (nSPS) is 20.6. The van der Waals surface area contributed by atoms with Gasteiger partial charge in [-0.1, -0.05) is 0 Å². The van der Waals surface area contributed by atoms with E-state index in [1.54, 1.807) is 13.8 Å². The van der Waals surface area contributed by atoms with Gasteiger partial charge in [0, 0.05) is 44.0 Å². The summed E-state index contributed by atoms with van der Waals surface area (Å²) >= 11 is 0. The zero-order valence-corrected chi connectivity index (χ0v) is 20.6. The van der Waals surface area contributed by atoms with E-state index in [4.69, 9.17) is 9.15 Å². The van der Waals surface area contributed by atoms with Crippen molar-refractivity contribution in [2.24, 2.45) is 13.0 Å². The number of carbonyl (C=O) groups excluding carboxylic acids is 2. The fourth-order valence-corrected chi connectivity index (χ4v) is 6.03. The highest BCUT2D eigenvalue weighted by molar-refractivity contribution is 7.89. The maximum atomic E-state index is 13.6. The van der Waals surface area contributed by atoms with Crippen molar-refractivity contribution < 1.29 is 31.6 Å². The average molecular weight is 518 g/mol. The van der Waals surface area contributed by atoms with Crippen LogP contribution in [0, 0.1) is 25.6 Å². The summed E-state index contributed by atoms with van der Waals surface area (Å²) < 4.78 is 55.2. The Kier molecular flexibility index (Phi) is 5.83. The topological polar surface area (TPSA) is 136 Å². The van der Waals surface area contributed by atoms with Crippen molar-refractivity contribution in [3.8, 4) is 5.75 Å². The number of sulfonamides is 1. The van der Waals surface area contributed by atoms with Gasteiger partial charge in [0.15, 0.2) is 23.5 Å². The predicted molar refractivity (Wildman–Crippen MR) is 125 cm³/mol. The molecule has 1 aromatic carbocycles. The van der Waals surface area contributed by atoms with E-state index in [0.717, 1.165) is 0 Å². The molecular weight excluding hydrogens is 493 g/mol. The molecule has 0 spiro atoms. The van der Waals surface area contributed by atoms with Crippen LogP contribution >= 0.6 is 0 Å². The lowest BCUT2D eigenvalue weighted by Crippen LogP contribution is -2.43. The molecule has 190 valence electrons. The van der Waals surface area contributed by atoms with Crippen LogP contribution in [0.2, 0.25) is 0 Å². The second kappa shape index (κ2) is 8.75. The van der Waals surface area contributed by atoms with Gasteiger partial charge in [-0.3, -0.25) is 9.59 Å². The molecule has 4 heterocycles. The molecule has 1 unspecified atom stereocenters. The minimum atomic E-state index is -4.09. The number of hydrogen-bond donors (Lipinski definition) is 2. The molecule has 11 nitrogen and oxygen atoms in total. The highest BCUT2D eigenvalue weighted by Crippen LogP contribution is 2.35. The molecule has 3 aromatic rings. The molecule has 36 heavy (non-hydrogen) atoms. The minimum Gasteiger partial charge on any atom is -0.489 e. The fourth-order valence-electron chi connectivity index (χ4n) is 4.54. The summed E-state index contributed by atoms with van der Waals surface area (Å²) in [6.45, 7) is 3.64. The number of amides is 2. The minimum absolute atomic E-state index is 0.0000422. The van der Waals surface area contributed by atoms with Crippen LogP contribution in [0.3, 0.4) is 0 Å². The lowest BCUT2D eigenvalue weighted by Gasteiger charge is -2.23. The molecule has 5 rings (SSSR count). The van der Waals surface area contributed by atoms with Crippen molar-refractivity contribution in [1.29, 1.82) is 0 Å². The van der Waals surface area contributed by atoms with E-state index in [1.807, 2.05) is 0 Å². The van der Waals surface area contributed by atoms with Gasteiger partial charge in [0.1, 0.15) is 16.5 Å². The second-order valence-electron chi connectivity index (χ2n) is 8.97. The van der Waals surface area contributed by atoms with Crippen LogP contribution in [0.5, 0.6) is 5.75 Å². The summed E-state index contributed by atoms with van der Waals surface area (Å²) in [5, 5.41) is 2.67. The highest BCUT2D eigenvalue weighted by atomic mass is 32.2. The number of hydrogen-bond acceptors (Lipinski definition) is 7. The summed E-state index contributed by atoms with van der Waals surface area (Å²) in [5.41, 5.74) is 0.881. The van der Waals surface area contributed by atoms with E-state index in [-0.39, 0.29) is 53.6 Å². The van der Waals surface area contributed by atoms with Crippen LogP contribution in [0.25, 0.3) is 0 Å². The van der Waals surface area contributed by atoms with Crippen LogP contribution < -0.4 is 14.8 Å². The zero-order valence-electron chi connectivity index (χ0n) is 19.7. The van der Waals surface area contributed by atoms with Gasteiger partial charge in [0.2, 0.25) is 10.0 Å². The van der Waals surface area contributed by atoms with Crippen molar-refractivity contribution in [2.45, 2.75) is 24.8 Å². The van der Waals surface area contributed by atoms with Gasteiger partial charge in [0.25, 0.3) is 11.8 Å². The fraction of sp³-hybridized carbons (Fsp3) is 0.348. The summed E-state index contributed by atoms with van der Waals surface area (Å²) in [7, 11) is -2.55. The molecule has 2 aliphatic heterocycles. The van der Waals surface area contributed by atoms with Gasteiger partial charge < -0.3 is 23.9 Å². The quantitative estimate of drug-likeness (QED) is 0.541. The molecule has 13 heteroatoms. The Labute approximate surface area is 206 Å². The number of oxazole rings is 1. The smallest absolute Gasteiger partial charge is 0.276 e. The first kappa shape index (κ1) is 24.0. The number of anilines is 1. The molecule has 2 amide bonds. The van der Waals surface area contributed by atoms with Gasteiger partial charge in [-0.05, 0) is 37.6 Å². The SMILES string of the molecule is Cc1cc(NC(=O)c2c3c(cn2C)S(=O)(=O)NC2CN(C(=O)c4ncoc4C)C[C@H]2CO3)ccc1F. The van der Waals surface area contributed by atoms with E-state index in [0.29, 0.717) is 17.0 Å².